The van der Waals surface area contributed by atoms with Crippen molar-refractivity contribution in [2.45, 2.75) is 38.5 Å². The number of H-pyrrole nitrogens is 1. The first kappa shape index (κ1) is 12.8. The molecule has 102 valence electrons. The first-order valence-electron chi connectivity index (χ1n) is 6.76. The summed E-state index contributed by atoms with van der Waals surface area (Å²) in [5, 5.41) is 2.82. The molecule has 0 saturated carbocycles. The van der Waals surface area contributed by atoms with Crippen LogP contribution in [0.15, 0.2) is 10.2 Å². The molecule has 5 heteroatoms. The third-order valence-corrected chi connectivity index (χ3v) is 4.55. The van der Waals surface area contributed by atoms with Crippen molar-refractivity contribution in [3.8, 4) is 0 Å². The summed E-state index contributed by atoms with van der Waals surface area (Å²) >= 11 is 1.56. The van der Waals surface area contributed by atoms with Crippen molar-refractivity contribution >= 4 is 21.6 Å². The summed E-state index contributed by atoms with van der Waals surface area (Å²) in [5.74, 6) is 1.37. The number of aromatic nitrogens is 2. The van der Waals surface area contributed by atoms with E-state index in [0.29, 0.717) is 12.5 Å². The van der Waals surface area contributed by atoms with Crippen LogP contribution in [-0.2, 0) is 4.74 Å². The molecule has 1 atom stereocenters. The zero-order valence-corrected chi connectivity index (χ0v) is 12.0. The Morgan fingerprint density at radius 3 is 3.05 bits per heavy atom. The monoisotopic (exact) mass is 278 g/mol. The van der Waals surface area contributed by atoms with Crippen LogP contribution in [-0.4, -0.2) is 23.2 Å². The fourth-order valence-electron chi connectivity index (χ4n) is 2.56. The average Bonchev–Trinajstić information content (AvgIpc) is 2.84. The predicted molar refractivity (Wildman–Crippen MR) is 77.1 cm³/mol. The molecule has 1 fully saturated rings. The summed E-state index contributed by atoms with van der Waals surface area (Å²) in [4.78, 5) is 20.8. The summed E-state index contributed by atoms with van der Waals surface area (Å²) in [6.45, 7) is 5.68. The molecule has 2 aromatic heterocycles. The molecule has 1 unspecified atom stereocenters. The SMILES string of the molecule is CC(C)c1csc2nc(C3CCCOC3)[nH]c(=O)c12. The summed E-state index contributed by atoms with van der Waals surface area (Å²) in [6, 6.07) is 0. The third kappa shape index (κ3) is 2.32. The topological polar surface area (TPSA) is 55.0 Å². The van der Waals surface area contributed by atoms with Crippen LogP contribution in [0.25, 0.3) is 10.2 Å². The Bertz CT molecular complexity index is 638. The van der Waals surface area contributed by atoms with Crippen molar-refractivity contribution in [1.82, 2.24) is 9.97 Å². The van der Waals surface area contributed by atoms with Gasteiger partial charge in [-0.1, -0.05) is 13.8 Å². The lowest BCUT2D eigenvalue weighted by Gasteiger charge is -2.20. The zero-order chi connectivity index (χ0) is 13.4. The highest BCUT2D eigenvalue weighted by Crippen LogP contribution is 2.29. The van der Waals surface area contributed by atoms with Gasteiger partial charge >= 0.3 is 0 Å². The highest BCUT2D eigenvalue weighted by Gasteiger charge is 2.21. The molecule has 3 heterocycles. The first-order valence-corrected chi connectivity index (χ1v) is 7.64. The van der Waals surface area contributed by atoms with Gasteiger partial charge in [0, 0.05) is 12.5 Å². The minimum Gasteiger partial charge on any atom is -0.381 e. The van der Waals surface area contributed by atoms with Crippen LogP contribution >= 0.6 is 11.3 Å². The molecule has 2 aromatic rings. The van der Waals surface area contributed by atoms with Crippen LogP contribution in [0.5, 0.6) is 0 Å². The predicted octanol–water partition coefficient (Wildman–Crippen LogP) is 3.00. The summed E-state index contributed by atoms with van der Waals surface area (Å²) in [5.41, 5.74) is 1.09. The van der Waals surface area contributed by atoms with Crippen molar-refractivity contribution in [3.05, 3.63) is 27.1 Å². The molecule has 19 heavy (non-hydrogen) atoms. The number of thiophene rings is 1. The molecule has 0 amide bonds. The molecule has 1 N–H and O–H groups in total. The average molecular weight is 278 g/mol. The molecule has 3 rings (SSSR count). The van der Waals surface area contributed by atoms with E-state index >= 15 is 0 Å². The van der Waals surface area contributed by atoms with E-state index in [0.717, 1.165) is 41.1 Å². The minimum atomic E-state index is -0.00414. The summed E-state index contributed by atoms with van der Waals surface area (Å²) in [7, 11) is 0. The highest BCUT2D eigenvalue weighted by atomic mass is 32.1. The maximum absolute atomic E-state index is 12.3. The van der Waals surface area contributed by atoms with E-state index in [1.54, 1.807) is 11.3 Å². The fraction of sp³-hybridized carbons (Fsp3) is 0.571. The molecule has 1 aliphatic heterocycles. The maximum atomic E-state index is 12.3. The number of nitrogens with one attached hydrogen (secondary N) is 1. The summed E-state index contributed by atoms with van der Waals surface area (Å²) < 4.78 is 5.47. The smallest absolute Gasteiger partial charge is 0.259 e. The van der Waals surface area contributed by atoms with Crippen molar-refractivity contribution < 1.29 is 4.74 Å². The maximum Gasteiger partial charge on any atom is 0.259 e. The van der Waals surface area contributed by atoms with E-state index in [2.05, 4.69) is 29.2 Å². The van der Waals surface area contributed by atoms with Gasteiger partial charge in [0.15, 0.2) is 0 Å². The second-order valence-corrected chi connectivity index (χ2v) is 6.25. The van der Waals surface area contributed by atoms with Crippen LogP contribution in [0.1, 0.15) is 49.9 Å². The van der Waals surface area contributed by atoms with E-state index < -0.39 is 0 Å². The summed E-state index contributed by atoms with van der Waals surface area (Å²) in [6.07, 6.45) is 2.07. The molecule has 1 aliphatic rings. The minimum absolute atomic E-state index is 0.00414. The van der Waals surface area contributed by atoms with Gasteiger partial charge in [0.05, 0.1) is 12.0 Å². The molecule has 0 spiro atoms. The van der Waals surface area contributed by atoms with Gasteiger partial charge in [-0.05, 0) is 29.7 Å². The van der Waals surface area contributed by atoms with E-state index in [9.17, 15) is 4.79 Å². The number of hydrogen-bond acceptors (Lipinski definition) is 4. The van der Waals surface area contributed by atoms with Gasteiger partial charge < -0.3 is 9.72 Å². The largest absolute Gasteiger partial charge is 0.381 e. The van der Waals surface area contributed by atoms with Gasteiger partial charge in [0.1, 0.15) is 10.7 Å². The van der Waals surface area contributed by atoms with Gasteiger partial charge in [-0.15, -0.1) is 11.3 Å². The van der Waals surface area contributed by atoms with E-state index in [1.165, 1.54) is 0 Å². The van der Waals surface area contributed by atoms with Gasteiger partial charge in [0.2, 0.25) is 0 Å². The lowest BCUT2D eigenvalue weighted by molar-refractivity contribution is 0.0781. The van der Waals surface area contributed by atoms with Crippen molar-refractivity contribution in [1.29, 1.82) is 0 Å². The van der Waals surface area contributed by atoms with Gasteiger partial charge in [-0.3, -0.25) is 4.79 Å². The Morgan fingerprint density at radius 1 is 1.53 bits per heavy atom. The lowest BCUT2D eigenvalue weighted by atomic mass is 10.0. The molecule has 0 bridgehead atoms. The number of hydrogen-bond donors (Lipinski definition) is 1. The van der Waals surface area contributed by atoms with Crippen LogP contribution in [0.2, 0.25) is 0 Å². The van der Waals surface area contributed by atoms with Gasteiger partial charge in [-0.2, -0.15) is 0 Å². The number of ether oxygens (including phenoxy) is 1. The van der Waals surface area contributed by atoms with Gasteiger partial charge in [-0.25, -0.2) is 4.98 Å². The molecule has 0 radical (unpaired) electrons. The van der Waals surface area contributed by atoms with Gasteiger partial charge in [0.25, 0.3) is 5.56 Å². The Labute approximate surface area is 115 Å². The van der Waals surface area contributed by atoms with Crippen molar-refractivity contribution in [2.75, 3.05) is 13.2 Å². The zero-order valence-electron chi connectivity index (χ0n) is 11.2. The lowest BCUT2D eigenvalue weighted by Crippen LogP contribution is -2.21. The van der Waals surface area contributed by atoms with Crippen LogP contribution < -0.4 is 5.56 Å². The van der Waals surface area contributed by atoms with Crippen LogP contribution in [0, 0.1) is 0 Å². The molecule has 0 aromatic carbocycles. The highest BCUT2D eigenvalue weighted by molar-refractivity contribution is 7.16. The van der Waals surface area contributed by atoms with E-state index in [-0.39, 0.29) is 11.5 Å². The number of aromatic amines is 1. The molecule has 0 aliphatic carbocycles. The quantitative estimate of drug-likeness (QED) is 0.918. The molecule has 4 nitrogen and oxygen atoms in total. The molecular formula is C14H18N2O2S. The fourth-order valence-corrected chi connectivity index (χ4v) is 3.67. The first-order chi connectivity index (χ1) is 9.16. The standard InChI is InChI=1S/C14H18N2O2S/c1-8(2)10-7-19-14-11(10)13(17)15-12(16-14)9-4-3-5-18-6-9/h7-9H,3-6H2,1-2H3,(H,15,16,17). The molecular weight excluding hydrogens is 260 g/mol. The Morgan fingerprint density at radius 2 is 2.37 bits per heavy atom. The van der Waals surface area contributed by atoms with E-state index in [4.69, 9.17) is 4.74 Å². The third-order valence-electron chi connectivity index (χ3n) is 3.66. The Kier molecular flexibility index (Phi) is 3.41. The van der Waals surface area contributed by atoms with Crippen LogP contribution in [0.4, 0.5) is 0 Å². The van der Waals surface area contributed by atoms with Crippen molar-refractivity contribution in [3.63, 3.8) is 0 Å². The normalized spacial score (nSPS) is 20.3. The number of fused-ring (bicyclic) bond motifs is 1. The second kappa shape index (κ2) is 5.06. The number of rotatable bonds is 2. The Hall–Kier alpha value is -1.20. The Balaban J connectivity index is 2.07. The second-order valence-electron chi connectivity index (χ2n) is 5.39. The number of nitrogens with zero attached hydrogens (tertiary/aromatic N) is 1. The molecule has 1 saturated heterocycles. The van der Waals surface area contributed by atoms with Crippen molar-refractivity contribution in [2.24, 2.45) is 0 Å². The van der Waals surface area contributed by atoms with Crippen LogP contribution in [0.3, 0.4) is 0 Å². The van der Waals surface area contributed by atoms with E-state index in [1.807, 2.05) is 0 Å².